The quantitative estimate of drug-likeness (QED) is 0.639. The topological polar surface area (TPSA) is 42.0 Å². The van der Waals surface area contributed by atoms with Crippen molar-refractivity contribution in [3.63, 3.8) is 0 Å². The van der Waals surface area contributed by atoms with Crippen molar-refractivity contribution >= 4 is 27.5 Å². The van der Waals surface area contributed by atoms with Crippen LogP contribution in [0.25, 0.3) is 0 Å². The first-order valence-corrected chi connectivity index (χ1v) is 9.50. The van der Waals surface area contributed by atoms with Crippen molar-refractivity contribution in [2.45, 2.75) is 24.7 Å². The molecule has 0 saturated heterocycles. The molecule has 1 fully saturated rings. The zero-order chi connectivity index (χ0) is 18.0. The van der Waals surface area contributed by atoms with Gasteiger partial charge in [-0.2, -0.15) is 0 Å². The summed E-state index contributed by atoms with van der Waals surface area (Å²) in [5, 5.41) is 3.09. The first-order valence-electron chi connectivity index (χ1n) is 8.71. The van der Waals surface area contributed by atoms with Crippen molar-refractivity contribution in [3.8, 4) is 0 Å². The van der Waals surface area contributed by atoms with Gasteiger partial charge in [0, 0.05) is 22.6 Å². The van der Waals surface area contributed by atoms with Gasteiger partial charge in [-0.05, 0) is 72.4 Å². The fraction of sp³-hybridized carbons (Fsp3) is 0.182. The van der Waals surface area contributed by atoms with E-state index < -0.39 is 0 Å². The van der Waals surface area contributed by atoms with Gasteiger partial charge in [0.2, 0.25) is 5.91 Å². The summed E-state index contributed by atoms with van der Waals surface area (Å²) in [5.74, 6) is 0.0849. The predicted molar refractivity (Wildman–Crippen MR) is 107 cm³/mol. The molecule has 1 amide bonds. The van der Waals surface area contributed by atoms with Gasteiger partial charge in [-0.3, -0.25) is 9.78 Å². The highest BCUT2D eigenvalue weighted by Crippen LogP contribution is 2.49. The number of nitrogens with one attached hydrogen (secondary N) is 1. The predicted octanol–water partition coefficient (Wildman–Crippen LogP) is 5.11. The minimum Gasteiger partial charge on any atom is -0.325 e. The molecule has 3 nitrogen and oxygen atoms in total. The Morgan fingerprint density at radius 3 is 2.15 bits per heavy atom. The number of anilines is 1. The molecule has 0 aliphatic heterocycles. The molecule has 26 heavy (non-hydrogen) atoms. The van der Waals surface area contributed by atoms with Crippen LogP contribution in [0.5, 0.6) is 0 Å². The van der Waals surface area contributed by atoms with Crippen molar-refractivity contribution in [2.75, 3.05) is 5.32 Å². The van der Waals surface area contributed by atoms with E-state index in [2.05, 4.69) is 38.4 Å². The number of hydrogen-bond acceptors (Lipinski definition) is 2. The number of pyridine rings is 1. The second-order valence-corrected chi connectivity index (χ2v) is 7.69. The number of rotatable bonds is 5. The lowest BCUT2D eigenvalue weighted by molar-refractivity contribution is -0.118. The Balaban J connectivity index is 1.44. The van der Waals surface area contributed by atoms with E-state index >= 15 is 0 Å². The van der Waals surface area contributed by atoms with Gasteiger partial charge in [-0.15, -0.1) is 0 Å². The number of carbonyl (C=O) groups excluding carboxylic acids is 1. The van der Waals surface area contributed by atoms with Gasteiger partial charge in [0.1, 0.15) is 0 Å². The highest BCUT2D eigenvalue weighted by Gasteiger charge is 2.51. The summed E-state index contributed by atoms with van der Waals surface area (Å²) >= 11 is 3.45. The first kappa shape index (κ1) is 17.0. The van der Waals surface area contributed by atoms with Crippen LogP contribution in [0.3, 0.4) is 0 Å². The highest BCUT2D eigenvalue weighted by atomic mass is 79.9. The second kappa shape index (κ2) is 7.04. The molecule has 4 rings (SSSR count). The van der Waals surface area contributed by atoms with Gasteiger partial charge in [0.15, 0.2) is 0 Å². The van der Waals surface area contributed by atoms with Gasteiger partial charge in [-0.1, -0.05) is 40.2 Å². The Kier molecular flexibility index (Phi) is 4.60. The summed E-state index contributed by atoms with van der Waals surface area (Å²) in [5.41, 5.74) is 4.01. The van der Waals surface area contributed by atoms with Crippen LogP contribution in [0.1, 0.15) is 29.5 Å². The summed E-state index contributed by atoms with van der Waals surface area (Å²) in [6.45, 7) is 0. The van der Waals surface area contributed by atoms with Crippen LogP contribution < -0.4 is 5.32 Å². The number of aromatic nitrogens is 1. The standard InChI is InChI=1S/C22H19BrN2O/c23-19-5-3-18(4-6-19)22(11-12-22)21(26)25-20-7-1-16(2-8-20)15-17-9-13-24-14-10-17/h1-10,13-14H,11-12,15H2,(H,25,26). The maximum Gasteiger partial charge on any atom is 0.235 e. The fourth-order valence-electron chi connectivity index (χ4n) is 3.23. The van der Waals surface area contributed by atoms with Crippen LogP contribution in [-0.2, 0) is 16.6 Å². The Morgan fingerprint density at radius 2 is 1.54 bits per heavy atom. The molecule has 1 N–H and O–H groups in total. The van der Waals surface area contributed by atoms with Crippen LogP contribution in [0.4, 0.5) is 5.69 Å². The molecule has 0 unspecified atom stereocenters. The average Bonchev–Trinajstić information content (AvgIpc) is 3.47. The Morgan fingerprint density at radius 1 is 0.923 bits per heavy atom. The smallest absolute Gasteiger partial charge is 0.235 e. The van der Waals surface area contributed by atoms with Crippen molar-refractivity contribution in [1.29, 1.82) is 0 Å². The van der Waals surface area contributed by atoms with Crippen molar-refractivity contribution in [2.24, 2.45) is 0 Å². The molecule has 1 aromatic heterocycles. The molecule has 0 atom stereocenters. The van der Waals surface area contributed by atoms with Crippen LogP contribution in [0.2, 0.25) is 0 Å². The van der Waals surface area contributed by atoms with E-state index in [1.165, 1.54) is 11.1 Å². The molecule has 3 aromatic rings. The molecular formula is C22H19BrN2O. The zero-order valence-electron chi connectivity index (χ0n) is 14.3. The van der Waals surface area contributed by atoms with E-state index in [0.717, 1.165) is 35.0 Å². The highest BCUT2D eigenvalue weighted by molar-refractivity contribution is 9.10. The van der Waals surface area contributed by atoms with E-state index in [1.807, 2.05) is 48.5 Å². The average molecular weight is 407 g/mol. The molecule has 0 bridgehead atoms. The van der Waals surface area contributed by atoms with E-state index in [9.17, 15) is 4.79 Å². The van der Waals surface area contributed by atoms with E-state index in [4.69, 9.17) is 0 Å². The molecule has 0 radical (unpaired) electrons. The van der Waals surface area contributed by atoms with Gasteiger partial charge < -0.3 is 5.32 Å². The number of benzene rings is 2. The third kappa shape index (κ3) is 3.56. The van der Waals surface area contributed by atoms with E-state index in [0.29, 0.717) is 0 Å². The van der Waals surface area contributed by atoms with Gasteiger partial charge >= 0.3 is 0 Å². The lowest BCUT2D eigenvalue weighted by Crippen LogP contribution is -2.27. The molecule has 4 heteroatoms. The molecule has 1 aliphatic rings. The molecular weight excluding hydrogens is 388 g/mol. The monoisotopic (exact) mass is 406 g/mol. The molecule has 1 aliphatic carbocycles. The largest absolute Gasteiger partial charge is 0.325 e. The molecule has 1 saturated carbocycles. The van der Waals surface area contributed by atoms with E-state index in [1.54, 1.807) is 12.4 Å². The Bertz CT molecular complexity index is 901. The third-order valence-electron chi connectivity index (χ3n) is 4.95. The summed E-state index contributed by atoms with van der Waals surface area (Å²) in [4.78, 5) is 16.9. The molecule has 130 valence electrons. The fourth-order valence-corrected chi connectivity index (χ4v) is 3.50. The Hall–Kier alpha value is -2.46. The second-order valence-electron chi connectivity index (χ2n) is 6.77. The number of nitrogens with zero attached hydrogens (tertiary/aromatic N) is 1. The van der Waals surface area contributed by atoms with Crippen LogP contribution in [0.15, 0.2) is 77.5 Å². The zero-order valence-corrected chi connectivity index (χ0v) is 15.9. The summed E-state index contributed by atoms with van der Waals surface area (Å²) in [6.07, 6.45) is 6.28. The molecule has 0 spiro atoms. The van der Waals surface area contributed by atoms with Gasteiger partial charge in [-0.25, -0.2) is 0 Å². The van der Waals surface area contributed by atoms with Crippen LogP contribution >= 0.6 is 15.9 Å². The maximum atomic E-state index is 12.8. The van der Waals surface area contributed by atoms with Gasteiger partial charge in [0.25, 0.3) is 0 Å². The van der Waals surface area contributed by atoms with E-state index in [-0.39, 0.29) is 11.3 Å². The lowest BCUT2D eigenvalue weighted by atomic mass is 9.95. The first-order chi connectivity index (χ1) is 12.7. The number of hydrogen-bond donors (Lipinski definition) is 1. The minimum absolute atomic E-state index is 0.0849. The number of amides is 1. The normalized spacial score (nSPS) is 14.7. The lowest BCUT2D eigenvalue weighted by Gasteiger charge is -2.16. The summed E-state index contributed by atoms with van der Waals surface area (Å²) < 4.78 is 1.03. The number of halogens is 1. The van der Waals surface area contributed by atoms with Crippen LogP contribution in [0, 0.1) is 0 Å². The molecule has 2 aromatic carbocycles. The minimum atomic E-state index is -0.365. The summed E-state index contributed by atoms with van der Waals surface area (Å²) in [7, 11) is 0. The van der Waals surface area contributed by atoms with Crippen molar-refractivity contribution in [1.82, 2.24) is 4.98 Å². The number of carbonyl (C=O) groups is 1. The van der Waals surface area contributed by atoms with Gasteiger partial charge in [0.05, 0.1) is 5.41 Å². The third-order valence-corrected chi connectivity index (χ3v) is 5.48. The molecule has 1 heterocycles. The summed E-state index contributed by atoms with van der Waals surface area (Å²) in [6, 6.07) is 20.2. The van der Waals surface area contributed by atoms with Crippen molar-refractivity contribution in [3.05, 3.63) is 94.2 Å². The van der Waals surface area contributed by atoms with Crippen molar-refractivity contribution < 1.29 is 4.79 Å². The van der Waals surface area contributed by atoms with Crippen LogP contribution in [-0.4, -0.2) is 10.9 Å². The Labute approximate surface area is 161 Å². The maximum absolute atomic E-state index is 12.8. The SMILES string of the molecule is O=C(Nc1ccc(Cc2ccncc2)cc1)C1(c2ccc(Br)cc2)CC1.